The lowest BCUT2D eigenvalue weighted by molar-refractivity contribution is 0.336. The van der Waals surface area contributed by atoms with Gasteiger partial charge in [-0.3, -0.25) is 0 Å². The molecule has 0 nitrogen and oxygen atoms in total. The van der Waals surface area contributed by atoms with E-state index >= 15 is 0 Å². The van der Waals surface area contributed by atoms with Gasteiger partial charge in [-0.25, -0.2) is 0 Å². The summed E-state index contributed by atoms with van der Waals surface area (Å²) < 4.78 is 0. The molecule has 0 saturated carbocycles. The molecule has 1 atom stereocenters. The molecule has 0 amide bonds. The van der Waals surface area contributed by atoms with E-state index in [2.05, 4.69) is 27.4 Å². The monoisotopic (exact) mass is 154 g/mol. The van der Waals surface area contributed by atoms with Crippen LogP contribution >= 0.6 is 0 Å². The van der Waals surface area contributed by atoms with Gasteiger partial charge in [-0.2, -0.15) is 0 Å². The first-order chi connectivity index (χ1) is 5.22. The molecule has 0 heterocycles. The number of allylic oxidation sites excluding steroid dienone is 1. The molecule has 0 aliphatic carbocycles. The van der Waals surface area contributed by atoms with Gasteiger partial charge in [0.15, 0.2) is 0 Å². The molecule has 0 heteroatoms. The third-order valence-electron chi connectivity index (χ3n) is 2.34. The minimum Gasteiger partial charge on any atom is -0.103 e. The van der Waals surface area contributed by atoms with E-state index < -0.39 is 0 Å². The fourth-order valence-electron chi connectivity index (χ4n) is 1.51. The van der Waals surface area contributed by atoms with Crippen molar-refractivity contribution in [3.63, 3.8) is 0 Å². The van der Waals surface area contributed by atoms with Crippen molar-refractivity contribution < 1.29 is 0 Å². The van der Waals surface area contributed by atoms with E-state index in [0.29, 0.717) is 0 Å². The lowest BCUT2D eigenvalue weighted by Crippen LogP contribution is -2.07. The van der Waals surface area contributed by atoms with E-state index in [0.717, 1.165) is 11.8 Å². The van der Waals surface area contributed by atoms with E-state index in [4.69, 9.17) is 0 Å². The average molecular weight is 154 g/mol. The van der Waals surface area contributed by atoms with Crippen LogP contribution in [0.2, 0.25) is 0 Å². The summed E-state index contributed by atoms with van der Waals surface area (Å²) in [7, 11) is 0. The fraction of sp³-hybridized carbons (Fsp3) is 0.818. The molecule has 66 valence electrons. The fourth-order valence-corrected chi connectivity index (χ4v) is 1.51. The Bertz CT molecular complexity index is 92.2. The van der Waals surface area contributed by atoms with Gasteiger partial charge in [0.05, 0.1) is 0 Å². The lowest BCUT2D eigenvalue weighted by atomic mass is 9.87. The van der Waals surface area contributed by atoms with Crippen LogP contribution in [0.1, 0.15) is 46.5 Å². The Morgan fingerprint density at radius 1 is 1.27 bits per heavy atom. The van der Waals surface area contributed by atoms with Gasteiger partial charge in [0.25, 0.3) is 0 Å². The molecule has 0 saturated heterocycles. The molecule has 0 aliphatic rings. The maximum absolute atomic E-state index is 3.75. The first-order valence-corrected chi connectivity index (χ1v) is 4.83. The average Bonchev–Trinajstić information content (AvgIpc) is 1.97. The van der Waals surface area contributed by atoms with Crippen molar-refractivity contribution in [2.24, 2.45) is 11.8 Å². The Balaban J connectivity index is 3.59. The zero-order valence-corrected chi connectivity index (χ0v) is 8.27. The van der Waals surface area contributed by atoms with Crippen LogP contribution in [0.15, 0.2) is 12.7 Å². The molecule has 0 radical (unpaired) electrons. The molecular weight excluding hydrogens is 132 g/mol. The molecule has 0 bridgehead atoms. The van der Waals surface area contributed by atoms with Crippen molar-refractivity contribution >= 4 is 0 Å². The molecule has 0 N–H and O–H groups in total. The van der Waals surface area contributed by atoms with Crippen LogP contribution in [0, 0.1) is 11.8 Å². The lowest BCUT2D eigenvalue weighted by Gasteiger charge is -2.18. The zero-order chi connectivity index (χ0) is 8.69. The van der Waals surface area contributed by atoms with Crippen LogP contribution in [0.25, 0.3) is 0 Å². The summed E-state index contributed by atoms with van der Waals surface area (Å²) in [6, 6.07) is 0. The van der Waals surface area contributed by atoms with Crippen molar-refractivity contribution in [2.75, 3.05) is 0 Å². The van der Waals surface area contributed by atoms with E-state index in [1.54, 1.807) is 0 Å². The predicted molar refractivity (Wildman–Crippen MR) is 52.7 cm³/mol. The highest BCUT2D eigenvalue weighted by molar-refractivity contribution is 4.71. The maximum Gasteiger partial charge on any atom is -0.0351 e. The molecule has 0 aromatic rings. The van der Waals surface area contributed by atoms with Gasteiger partial charge in [-0.05, 0) is 24.7 Å². The number of hydrogen-bond acceptors (Lipinski definition) is 0. The Morgan fingerprint density at radius 2 is 1.91 bits per heavy atom. The van der Waals surface area contributed by atoms with E-state index in [1.165, 1.54) is 25.7 Å². The zero-order valence-electron chi connectivity index (χ0n) is 8.27. The van der Waals surface area contributed by atoms with Gasteiger partial charge in [-0.15, -0.1) is 6.58 Å². The Labute approximate surface area is 71.7 Å². The summed E-state index contributed by atoms with van der Waals surface area (Å²) >= 11 is 0. The summed E-state index contributed by atoms with van der Waals surface area (Å²) in [5.41, 5.74) is 0. The quantitative estimate of drug-likeness (QED) is 0.507. The first-order valence-electron chi connectivity index (χ1n) is 4.83. The molecule has 0 unspecified atom stereocenters. The first kappa shape index (κ1) is 10.7. The minimum atomic E-state index is 0.842. The van der Waals surface area contributed by atoms with Crippen molar-refractivity contribution in [3.05, 3.63) is 12.7 Å². The summed E-state index contributed by atoms with van der Waals surface area (Å²) in [6.45, 7) is 10.7. The second-order valence-corrected chi connectivity index (χ2v) is 3.66. The highest BCUT2D eigenvalue weighted by Gasteiger charge is 2.10. The smallest absolute Gasteiger partial charge is 0.0351 e. The normalized spacial score (nSPS) is 13.5. The van der Waals surface area contributed by atoms with Gasteiger partial charge >= 0.3 is 0 Å². The summed E-state index contributed by atoms with van der Waals surface area (Å²) in [5.74, 6) is 1.76. The van der Waals surface area contributed by atoms with E-state index in [1.807, 2.05) is 6.08 Å². The molecular formula is C11H22. The van der Waals surface area contributed by atoms with Crippen molar-refractivity contribution in [3.8, 4) is 0 Å². The topological polar surface area (TPSA) is 0 Å². The van der Waals surface area contributed by atoms with Crippen molar-refractivity contribution in [2.45, 2.75) is 46.5 Å². The predicted octanol–water partition coefficient (Wildman–Crippen LogP) is 4.02. The number of hydrogen-bond donors (Lipinski definition) is 0. The van der Waals surface area contributed by atoms with E-state index in [-0.39, 0.29) is 0 Å². The van der Waals surface area contributed by atoms with Crippen LogP contribution in [-0.2, 0) is 0 Å². The number of rotatable bonds is 6. The Kier molecular flexibility index (Phi) is 6.30. The van der Waals surface area contributed by atoms with Gasteiger partial charge in [-0.1, -0.05) is 39.7 Å². The highest BCUT2D eigenvalue weighted by Crippen LogP contribution is 2.22. The summed E-state index contributed by atoms with van der Waals surface area (Å²) in [6.07, 6.45) is 7.24. The van der Waals surface area contributed by atoms with Crippen LogP contribution in [0.5, 0.6) is 0 Å². The molecule has 11 heavy (non-hydrogen) atoms. The van der Waals surface area contributed by atoms with E-state index in [9.17, 15) is 0 Å². The van der Waals surface area contributed by atoms with Crippen LogP contribution in [0.3, 0.4) is 0 Å². The van der Waals surface area contributed by atoms with Crippen LogP contribution in [-0.4, -0.2) is 0 Å². The van der Waals surface area contributed by atoms with Gasteiger partial charge in [0, 0.05) is 0 Å². The molecule has 0 aromatic heterocycles. The molecule has 0 rings (SSSR count). The largest absolute Gasteiger partial charge is 0.103 e. The third kappa shape index (κ3) is 5.06. The second-order valence-electron chi connectivity index (χ2n) is 3.66. The van der Waals surface area contributed by atoms with Crippen molar-refractivity contribution in [1.82, 2.24) is 0 Å². The maximum atomic E-state index is 3.75. The molecule has 0 spiro atoms. The van der Waals surface area contributed by atoms with Crippen molar-refractivity contribution in [1.29, 1.82) is 0 Å². The molecule has 0 aliphatic heterocycles. The third-order valence-corrected chi connectivity index (χ3v) is 2.34. The Morgan fingerprint density at radius 3 is 2.27 bits per heavy atom. The van der Waals surface area contributed by atoms with Crippen LogP contribution < -0.4 is 0 Å². The SMILES string of the molecule is C=CCC[C@@H](CCC)C(C)C. The highest BCUT2D eigenvalue weighted by atomic mass is 14.2. The minimum absolute atomic E-state index is 0.842. The molecule has 0 fully saturated rings. The standard InChI is InChI=1S/C11H22/c1-5-7-9-11(8-6-2)10(3)4/h5,10-11H,1,6-9H2,2-4H3/t11-/m1/s1. The Hall–Kier alpha value is -0.260. The summed E-state index contributed by atoms with van der Waals surface area (Å²) in [5, 5.41) is 0. The molecule has 0 aromatic carbocycles. The van der Waals surface area contributed by atoms with Crippen LogP contribution in [0.4, 0.5) is 0 Å². The summed E-state index contributed by atoms with van der Waals surface area (Å²) in [4.78, 5) is 0. The van der Waals surface area contributed by atoms with Gasteiger partial charge in [0.1, 0.15) is 0 Å². The van der Waals surface area contributed by atoms with Gasteiger partial charge in [0.2, 0.25) is 0 Å². The second kappa shape index (κ2) is 6.45. The van der Waals surface area contributed by atoms with Gasteiger partial charge < -0.3 is 0 Å².